The van der Waals surface area contributed by atoms with Crippen LogP contribution in [0.1, 0.15) is 71.1 Å². The minimum atomic E-state index is -2.69. The number of aromatic nitrogens is 5. The van der Waals surface area contributed by atoms with Crippen molar-refractivity contribution in [2.45, 2.75) is 63.6 Å². The Bertz CT molecular complexity index is 1490. The number of thiophene rings is 1. The van der Waals surface area contributed by atoms with Gasteiger partial charge in [-0.2, -0.15) is 5.10 Å². The third-order valence-corrected chi connectivity index (χ3v) is 9.99. The summed E-state index contributed by atoms with van der Waals surface area (Å²) in [7, 11) is 1.56. The van der Waals surface area contributed by atoms with E-state index < -0.39 is 12.6 Å². The van der Waals surface area contributed by atoms with Crippen LogP contribution in [0.2, 0.25) is 0 Å². The maximum Gasteiger partial charge on any atom is 0.282 e. The minimum absolute atomic E-state index is 0.0114. The molecule has 3 aromatic rings. The van der Waals surface area contributed by atoms with Gasteiger partial charge in [0.2, 0.25) is 11.9 Å². The highest BCUT2D eigenvalue weighted by Gasteiger charge is 2.65. The van der Waals surface area contributed by atoms with Gasteiger partial charge in [-0.1, -0.05) is 0 Å². The van der Waals surface area contributed by atoms with E-state index in [9.17, 15) is 22.8 Å². The van der Waals surface area contributed by atoms with E-state index in [1.807, 2.05) is 4.57 Å². The lowest BCUT2D eigenvalue weighted by Gasteiger charge is -2.25. The van der Waals surface area contributed by atoms with Crippen LogP contribution in [0.25, 0.3) is 0 Å². The Morgan fingerprint density at radius 2 is 2.10 bits per heavy atom. The third kappa shape index (κ3) is 4.55. The first kappa shape index (κ1) is 25.5. The number of anilines is 3. The Kier molecular flexibility index (Phi) is 5.95. The van der Waals surface area contributed by atoms with Crippen LogP contribution in [0.5, 0.6) is 0 Å². The zero-order chi connectivity index (χ0) is 27.8. The fraction of sp³-hybridized carbons (Fsp3) is 0.577. The second-order valence-electron chi connectivity index (χ2n) is 11.5. The largest absolute Gasteiger partial charge is 0.352 e. The SMILES string of the molecule is Cn1nc(C(F)F)cc1Nc1nncn1[C@H]1CCc2sc(NC(=O)[C@H]3CC34CC4)c(C(=O)NC[C@@H]3C[C@@H]3F)c2C1. The molecule has 1 spiro atoms. The Morgan fingerprint density at radius 1 is 1.30 bits per heavy atom. The zero-order valence-corrected chi connectivity index (χ0v) is 22.6. The Morgan fingerprint density at radius 3 is 2.77 bits per heavy atom. The van der Waals surface area contributed by atoms with Crippen LogP contribution in [-0.2, 0) is 24.7 Å². The summed E-state index contributed by atoms with van der Waals surface area (Å²) in [4.78, 5) is 27.5. The summed E-state index contributed by atoms with van der Waals surface area (Å²) >= 11 is 1.44. The maximum absolute atomic E-state index is 13.5. The molecule has 0 saturated heterocycles. The Labute approximate surface area is 231 Å². The lowest BCUT2D eigenvalue weighted by atomic mass is 9.91. The lowest BCUT2D eigenvalue weighted by Crippen LogP contribution is -2.29. The molecule has 2 amide bonds. The van der Waals surface area contributed by atoms with E-state index in [4.69, 9.17) is 0 Å². The van der Waals surface area contributed by atoms with Gasteiger partial charge in [0.25, 0.3) is 12.3 Å². The number of nitrogens with one attached hydrogen (secondary N) is 3. The van der Waals surface area contributed by atoms with E-state index in [0.717, 1.165) is 36.1 Å². The highest BCUT2D eigenvalue weighted by molar-refractivity contribution is 7.17. The van der Waals surface area contributed by atoms with Crippen molar-refractivity contribution in [3.05, 3.63) is 34.1 Å². The van der Waals surface area contributed by atoms with Crippen LogP contribution >= 0.6 is 11.3 Å². The number of aryl methyl sites for hydroxylation is 2. The number of halogens is 3. The number of hydrogen-bond acceptors (Lipinski definition) is 7. The fourth-order valence-corrected chi connectivity index (χ4v) is 7.17. The summed E-state index contributed by atoms with van der Waals surface area (Å²) in [5.41, 5.74) is 1.17. The van der Waals surface area contributed by atoms with Crippen molar-refractivity contribution >= 4 is 39.9 Å². The number of nitrogens with zero attached hydrogens (tertiary/aromatic N) is 5. The van der Waals surface area contributed by atoms with E-state index in [1.165, 1.54) is 22.1 Å². The molecule has 4 atom stereocenters. The van der Waals surface area contributed by atoms with Crippen molar-refractivity contribution in [1.82, 2.24) is 29.9 Å². The van der Waals surface area contributed by atoms with Gasteiger partial charge in [0.05, 0.1) is 5.56 Å². The minimum Gasteiger partial charge on any atom is -0.352 e. The van der Waals surface area contributed by atoms with Crippen molar-refractivity contribution < 1.29 is 22.8 Å². The number of carbonyl (C=O) groups is 2. The lowest BCUT2D eigenvalue weighted by molar-refractivity contribution is -0.117. The molecule has 4 aliphatic carbocycles. The first-order valence-electron chi connectivity index (χ1n) is 13.6. The number of hydrogen-bond donors (Lipinski definition) is 3. The number of carbonyl (C=O) groups excluding carboxylic acids is 2. The van der Waals surface area contributed by atoms with Crippen molar-refractivity contribution in [3.63, 3.8) is 0 Å². The van der Waals surface area contributed by atoms with Gasteiger partial charge in [0.1, 0.15) is 29.0 Å². The molecule has 0 unspecified atom stereocenters. The number of amides is 2. The van der Waals surface area contributed by atoms with Gasteiger partial charge >= 0.3 is 0 Å². The maximum atomic E-state index is 13.5. The first-order chi connectivity index (χ1) is 19.2. The summed E-state index contributed by atoms with van der Waals surface area (Å²) in [6.07, 6.45) is 3.46. The molecular weight excluding hydrogens is 545 g/mol. The molecular formula is C26H29F3N8O2S. The van der Waals surface area contributed by atoms with Crippen LogP contribution in [0.3, 0.4) is 0 Å². The van der Waals surface area contributed by atoms with Gasteiger partial charge in [-0.15, -0.1) is 21.5 Å². The fourth-order valence-electron chi connectivity index (χ4n) is 5.92. The highest BCUT2D eigenvalue weighted by Crippen LogP contribution is 2.70. The summed E-state index contributed by atoms with van der Waals surface area (Å²) in [6.45, 7) is 0.262. The van der Waals surface area contributed by atoms with Crippen molar-refractivity contribution in [2.24, 2.45) is 24.3 Å². The Balaban J connectivity index is 1.14. The summed E-state index contributed by atoms with van der Waals surface area (Å²) in [5, 5.41) is 21.6. The van der Waals surface area contributed by atoms with Gasteiger partial charge in [0.15, 0.2) is 0 Å². The van der Waals surface area contributed by atoms with Crippen LogP contribution in [-0.4, -0.2) is 49.1 Å². The summed E-state index contributed by atoms with van der Waals surface area (Å²) in [5.74, 6) is 0.240. The molecule has 0 bridgehead atoms. The number of alkyl halides is 3. The van der Waals surface area contributed by atoms with Crippen molar-refractivity contribution in [3.8, 4) is 0 Å². The van der Waals surface area contributed by atoms with Crippen LogP contribution < -0.4 is 16.0 Å². The molecule has 0 aromatic carbocycles. The average molecular weight is 575 g/mol. The van der Waals surface area contributed by atoms with Crippen molar-refractivity contribution in [2.75, 3.05) is 17.2 Å². The molecule has 0 aliphatic heterocycles. The standard InChI is InChI=1S/C26H29F3N8O2S/c1-36-19(8-17(35-36)21(28)29)32-25-34-31-11-37(25)13-2-3-18-14(7-13)20(23(39)30-10-12-6-16(12)27)24(40-18)33-22(38)15-9-26(15)4-5-26/h8,11-13,15-16,21H,2-7,9-10H2,1H3,(H,30,39)(H,32,34)(H,33,38)/t12-,13-,15+,16-/m0/s1. The van der Waals surface area contributed by atoms with Gasteiger partial charge in [0, 0.05) is 42.4 Å². The number of rotatable bonds is 9. The molecule has 0 radical (unpaired) electrons. The zero-order valence-electron chi connectivity index (χ0n) is 21.8. The Hall–Kier alpha value is -3.42. The quantitative estimate of drug-likeness (QED) is 0.351. The topological polar surface area (TPSA) is 119 Å². The van der Waals surface area contributed by atoms with E-state index in [0.29, 0.717) is 41.6 Å². The molecule has 212 valence electrons. The second-order valence-corrected chi connectivity index (χ2v) is 12.6. The van der Waals surface area contributed by atoms with E-state index >= 15 is 0 Å². The van der Waals surface area contributed by atoms with Crippen LogP contribution in [0, 0.1) is 17.3 Å². The molecule has 7 rings (SSSR count). The van der Waals surface area contributed by atoms with Crippen molar-refractivity contribution in [1.29, 1.82) is 0 Å². The molecule has 3 fully saturated rings. The summed E-state index contributed by atoms with van der Waals surface area (Å²) < 4.78 is 42.9. The van der Waals surface area contributed by atoms with Crippen LogP contribution in [0.15, 0.2) is 12.4 Å². The first-order valence-corrected chi connectivity index (χ1v) is 14.4. The van der Waals surface area contributed by atoms with Gasteiger partial charge in [-0.3, -0.25) is 18.8 Å². The average Bonchev–Trinajstić information content (AvgIpc) is 3.86. The van der Waals surface area contributed by atoms with E-state index in [2.05, 4.69) is 31.2 Å². The predicted octanol–water partition coefficient (Wildman–Crippen LogP) is 4.31. The van der Waals surface area contributed by atoms with E-state index in [-0.39, 0.29) is 47.3 Å². The second kappa shape index (κ2) is 9.32. The molecule has 3 aromatic heterocycles. The molecule has 3 N–H and O–H groups in total. The van der Waals surface area contributed by atoms with Crippen LogP contribution in [0.4, 0.5) is 29.9 Å². The molecule has 10 nitrogen and oxygen atoms in total. The van der Waals surface area contributed by atoms with E-state index in [1.54, 1.807) is 13.4 Å². The monoisotopic (exact) mass is 574 g/mol. The molecule has 4 aliphatic rings. The van der Waals surface area contributed by atoms with Gasteiger partial charge in [-0.25, -0.2) is 13.2 Å². The summed E-state index contributed by atoms with van der Waals surface area (Å²) in [6, 6.07) is 1.15. The normalized spacial score (nSPS) is 25.5. The third-order valence-electron chi connectivity index (χ3n) is 8.79. The number of fused-ring (bicyclic) bond motifs is 1. The van der Waals surface area contributed by atoms with Gasteiger partial charge < -0.3 is 16.0 Å². The smallest absolute Gasteiger partial charge is 0.282 e. The molecule has 3 saturated carbocycles. The molecule has 14 heteroatoms. The highest BCUT2D eigenvalue weighted by atomic mass is 32.1. The molecule has 40 heavy (non-hydrogen) atoms. The molecule has 3 heterocycles. The van der Waals surface area contributed by atoms with Gasteiger partial charge in [-0.05, 0) is 55.9 Å². The predicted molar refractivity (Wildman–Crippen MR) is 141 cm³/mol.